The molecule has 2 N–H and O–H groups in total. The number of aromatic amines is 1. The van der Waals surface area contributed by atoms with Gasteiger partial charge < -0.3 is 10.3 Å². The first kappa shape index (κ1) is 12.3. The Bertz CT molecular complexity index is 549. The van der Waals surface area contributed by atoms with Gasteiger partial charge in [-0.3, -0.25) is 4.79 Å². The number of halogens is 1. The number of hydrogen-bond donors (Lipinski definition) is 2. The van der Waals surface area contributed by atoms with Crippen molar-refractivity contribution >= 4 is 5.91 Å². The standard InChI is InChI=1S/C13H14FN3O/c1-13(2,9-5-3-4-6-10(9)14)17-12(18)11-15-7-8-16-11/h3-8H,1-2H3,(H,15,16)(H,17,18). The van der Waals surface area contributed by atoms with Gasteiger partial charge in [0.15, 0.2) is 5.82 Å². The maximum absolute atomic E-state index is 13.7. The van der Waals surface area contributed by atoms with Crippen LogP contribution in [0.2, 0.25) is 0 Å². The molecule has 0 unspecified atom stereocenters. The van der Waals surface area contributed by atoms with Gasteiger partial charge in [-0.25, -0.2) is 9.37 Å². The summed E-state index contributed by atoms with van der Waals surface area (Å²) in [4.78, 5) is 18.4. The predicted molar refractivity (Wildman–Crippen MR) is 65.5 cm³/mol. The van der Waals surface area contributed by atoms with Crippen LogP contribution in [0.15, 0.2) is 36.7 Å². The number of nitrogens with one attached hydrogen (secondary N) is 2. The monoisotopic (exact) mass is 247 g/mol. The molecule has 0 saturated carbocycles. The second kappa shape index (κ2) is 4.60. The third-order valence-electron chi connectivity index (χ3n) is 2.69. The van der Waals surface area contributed by atoms with Gasteiger partial charge in [0.25, 0.3) is 5.91 Å². The molecule has 4 nitrogen and oxygen atoms in total. The molecule has 0 spiro atoms. The van der Waals surface area contributed by atoms with Crippen molar-refractivity contribution in [3.63, 3.8) is 0 Å². The molecule has 1 aromatic heterocycles. The second-order valence-electron chi connectivity index (χ2n) is 4.50. The van der Waals surface area contributed by atoms with E-state index in [2.05, 4.69) is 15.3 Å². The number of amides is 1. The zero-order valence-electron chi connectivity index (χ0n) is 10.2. The molecular formula is C13H14FN3O. The van der Waals surface area contributed by atoms with Crippen LogP contribution in [0.5, 0.6) is 0 Å². The summed E-state index contributed by atoms with van der Waals surface area (Å²) in [6.45, 7) is 3.48. The Labute approximate surface area is 104 Å². The first-order chi connectivity index (χ1) is 8.50. The molecule has 0 aliphatic heterocycles. The molecule has 94 valence electrons. The normalized spacial score (nSPS) is 11.3. The number of carbonyl (C=O) groups is 1. The summed E-state index contributed by atoms with van der Waals surface area (Å²) in [5.74, 6) is -0.505. The van der Waals surface area contributed by atoms with Crippen LogP contribution in [0.1, 0.15) is 30.0 Å². The van der Waals surface area contributed by atoms with Crippen LogP contribution < -0.4 is 5.32 Å². The Kier molecular flexibility index (Phi) is 3.14. The first-order valence-corrected chi connectivity index (χ1v) is 5.57. The fourth-order valence-electron chi connectivity index (χ4n) is 1.77. The topological polar surface area (TPSA) is 57.8 Å². The number of nitrogens with zero attached hydrogens (tertiary/aromatic N) is 1. The number of benzene rings is 1. The van der Waals surface area contributed by atoms with Gasteiger partial charge in [0.1, 0.15) is 5.82 Å². The highest BCUT2D eigenvalue weighted by molar-refractivity contribution is 5.91. The Morgan fingerprint density at radius 2 is 2.11 bits per heavy atom. The zero-order valence-corrected chi connectivity index (χ0v) is 10.2. The SMILES string of the molecule is CC(C)(NC(=O)c1ncc[nH]1)c1ccccc1F. The Morgan fingerprint density at radius 3 is 2.72 bits per heavy atom. The van der Waals surface area contributed by atoms with Crippen LogP contribution in [0.3, 0.4) is 0 Å². The summed E-state index contributed by atoms with van der Waals surface area (Å²) in [6.07, 6.45) is 3.05. The molecule has 0 fully saturated rings. The highest BCUT2D eigenvalue weighted by Crippen LogP contribution is 2.22. The third-order valence-corrected chi connectivity index (χ3v) is 2.69. The van der Waals surface area contributed by atoms with Crippen molar-refractivity contribution in [1.29, 1.82) is 0 Å². The third kappa shape index (κ3) is 2.40. The van der Waals surface area contributed by atoms with Crippen LogP contribution >= 0.6 is 0 Å². The maximum Gasteiger partial charge on any atom is 0.287 e. The van der Waals surface area contributed by atoms with Crippen LogP contribution in [0.25, 0.3) is 0 Å². The van der Waals surface area contributed by atoms with Gasteiger partial charge in [0, 0.05) is 18.0 Å². The Balaban J connectivity index is 2.22. The van der Waals surface area contributed by atoms with E-state index in [-0.39, 0.29) is 17.5 Å². The van der Waals surface area contributed by atoms with Gasteiger partial charge in [-0.1, -0.05) is 18.2 Å². The Hall–Kier alpha value is -2.17. The van der Waals surface area contributed by atoms with Crippen molar-refractivity contribution in [2.45, 2.75) is 19.4 Å². The molecule has 0 saturated heterocycles. The lowest BCUT2D eigenvalue weighted by molar-refractivity contribution is 0.0901. The fraction of sp³-hybridized carbons (Fsp3) is 0.231. The molecule has 1 amide bonds. The fourth-order valence-corrected chi connectivity index (χ4v) is 1.77. The largest absolute Gasteiger partial charge is 0.341 e. The molecule has 18 heavy (non-hydrogen) atoms. The van der Waals surface area contributed by atoms with Crippen LogP contribution in [-0.4, -0.2) is 15.9 Å². The van der Waals surface area contributed by atoms with Crippen molar-refractivity contribution in [3.8, 4) is 0 Å². The van der Waals surface area contributed by atoms with E-state index < -0.39 is 5.54 Å². The molecule has 1 heterocycles. The number of carbonyl (C=O) groups excluding carboxylic acids is 1. The summed E-state index contributed by atoms with van der Waals surface area (Å²) < 4.78 is 13.7. The summed E-state index contributed by atoms with van der Waals surface area (Å²) >= 11 is 0. The van der Waals surface area contributed by atoms with Gasteiger partial charge in [0.2, 0.25) is 0 Å². The zero-order chi connectivity index (χ0) is 13.2. The van der Waals surface area contributed by atoms with Gasteiger partial charge in [-0.05, 0) is 19.9 Å². The number of hydrogen-bond acceptors (Lipinski definition) is 2. The summed E-state index contributed by atoms with van der Waals surface area (Å²) in [5.41, 5.74) is -0.375. The smallest absolute Gasteiger partial charge is 0.287 e. The van der Waals surface area contributed by atoms with Crippen LogP contribution in [0, 0.1) is 5.82 Å². The highest BCUT2D eigenvalue weighted by atomic mass is 19.1. The molecule has 0 bridgehead atoms. The first-order valence-electron chi connectivity index (χ1n) is 5.57. The van der Waals surface area contributed by atoms with E-state index in [1.165, 1.54) is 12.3 Å². The van der Waals surface area contributed by atoms with E-state index in [0.717, 1.165) is 0 Å². The van der Waals surface area contributed by atoms with Crippen molar-refractivity contribution in [1.82, 2.24) is 15.3 Å². The van der Waals surface area contributed by atoms with Gasteiger partial charge in [-0.15, -0.1) is 0 Å². The number of imidazole rings is 1. The molecule has 5 heteroatoms. The maximum atomic E-state index is 13.7. The van der Waals surface area contributed by atoms with Crippen molar-refractivity contribution < 1.29 is 9.18 Å². The molecule has 0 aliphatic rings. The summed E-state index contributed by atoms with van der Waals surface area (Å²) in [7, 11) is 0. The minimum atomic E-state index is -0.810. The summed E-state index contributed by atoms with van der Waals surface area (Å²) in [6, 6.07) is 6.37. The van der Waals surface area contributed by atoms with Crippen molar-refractivity contribution in [2.75, 3.05) is 0 Å². The van der Waals surface area contributed by atoms with E-state index in [1.54, 1.807) is 38.2 Å². The molecule has 0 radical (unpaired) electrons. The lowest BCUT2D eigenvalue weighted by Crippen LogP contribution is -2.42. The van der Waals surface area contributed by atoms with Crippen LogP contribution in [0.4, 0.5) is 4.39 Å². The van der Waals surface area contributed by atoms with Crippen molar-refractivity contribution in [2.24, 2.45) is 0 Å². The van der Waals surface area contributed by atoms with Crippen molar-refractivity contribution in [3.05, 3.63) is 53.9 Å². The number of H-pyrrole nitrogens is 1. The minimum Gasteiger partial charge on any atom is -0.341 e. The van der Waals surface area contributed by atoms with Crippen LogP contribution in [-0.2, 0) is 5.54 Å². The highest BCUT2D eigenvalue weighted by Gasteiger charge is 2.26. The van der Waals surface area contributed by atoms with Gasteiger partial charge in [0.05, 0.1) is 5.54 Å². The average molecular weight is 247 g/mol. The number of aromatic nitrogens is 2. The van der Waals surface area contributed by atoms with E-state index in [1.807, 2.05) is 0 Å². The van der Waals surface area contributed by atoms with E-state index >= 15 is 0 Å². The minimum absolute atomic E-state index is 0.208. The predicted octanol–water partition coefficient (Wildman–Crippen LogP) is 2.21. The summed E-state index contributed by atoms with van der Waals surface area (Å²) in [5, 5.41) is 2.74. The molecular weight excluding hydrogens is 233 g/mol. The average Bonchev–Trinajstić information content (AvgIpc) is 2.82. The molecule has 0 atom stereocenters. The van der Waals surface area contributed by atoms with E-state index in [9.17, 15) is 9.18 Å². The van der Waals surface area contributed by atoms with Gasteiger partial charge >= 0.3 is 0 Å². The quantitative estimate of drug-likeness (QED) is 0.873. The Morgan fingerprint density at radius 1 is 1.39 bits per heavy atom. The van der Waals surface area contributed by atoms with Gasteiger partial charge in [-0.2, -0.15) is 0 Å². The lowest BCUT2D eigenvalue weighted by Gasteiger charge is -2.26. The molecule has 2 rings (SSSR count). The van der Waals surface area contributed by atoms with E-state index in [0.29, 0.717) is 5.56 Å². The van der Waals surface area contributed by atoms with E-state index in [4.69, 9.17) is 0 Å². The lowest BCUT2D eigenvalue weighted by atomic mass is 9.93. The molecule has 0 aliphatic carbocycles. The number of rotatable bonds is 3. The second-order valence-corrected chi connectivity index (χ2v) is 4.50. The molecule has 1 aromatic carbocycles. The molecule has 2 aromatic rings.